The van der Waals surface area contributed by atoms with Crippen LogP contribution >= 0.6 is 11.8 Å². The molecule has 2 aromatic carbocycles. The Morgan fingerprint density at radius 3 is 2.74 bits per heavy atom. The monoisotopic (exact) mass is 550 g/mol. The minimum absolute atomic E-state index is 0.0800. The highest BCUT2D eigenvalue weighted by atomic mass is 32.2. The van der Waals surface area contributed by atoms with E-state index < -0.39 is 12.5 Å². The van der Waals surface area contributed by atoms with E-state index in [-0.39, 0.29) is 18.3 Å². The molecule has 0 unspecified atom stereocenters. The van der Waals surface area contributed by atoms with Gasteiger partial charge in [0.05, 0.1) is 18.7 Å². The van der Waals surface area contributed by atoms with Crippen molar-refractivity contribution in [2.24, 2.45) is 11.8 Å². The number of ether oxygens (including phenoxy) is 2. The first kappa shape index (κ1) is 28.5. The second-order valence-electron chi connectivity index (χ2n) is 9.54. The number of halogens is 3. The maximum Gasteiger partial charge on any atom is 0.573 e. The van der Waals surface area contributed by atoms with Crippen molar-refractivity contribution in [1.82, 2.24) is 9.88 Å². The number of hydrogen-bond donors (Lipinski definition) is 2. The molecule has 2 heterocycles. The Hall–Kier alpha value is -2.53. The Balaban J connectivity index is 1.27. The van der Waals surface area contributed by atoms with Gasteiger partial charge in [0.1, 0.15) is 11.5 Å². The highest BCUT2D eigenvalue weighted by Gasteiger charge is 2.31. The van der Waals surface area contributed by atoms with Crippen molar-refractivity contribution in [3.8, 4) is 11.5 Å². The van der Waals surface area contributed by atoms with Crippen molar-refractivity contribution in [1.29, 1.82) is 0 Å². The molecule has 0 bridgehead atoms. The van der Waals surface area contributed by atoms with E-state index in [0.29, 0.717) is 18.1 Å². The summed E-state index contributed by atoms with van der Waals surface area (Å²) in [7, 11) is 1.61. The fraction of sp³-hybridized carbons (Fsp3) is 0.464. The number of benzene rings is 2. The molecule has 1 saturated heterocycles. The molecule has 0 spiro atoms. The zero-order valence-electron chi connectivity index (χ0n) is 21.2. The normalized spacial score (nSPS) is 19.4. The van der Waals surface area contributed by atoms with Crippen molar-refractivity contribution in [3.63, 3.8) is 0 Å². The predicted molar refractivity (Wildman–Crippen MR) is 141 cm³/mol. The fourth-order valence-electron chi connectivity index (χ4n) is 5.09. The van der Waals surface area contributed by atoms with Crippen LogP contribution in [0, 0.1) is 11.8 Å². The van der Waals surface area contributed by atoms with Crippen molar-refractivity contribution >= 4 is 22.7 Å². The molecule has 0 amide bonds. The molecule has 1 aliphatic rings. The number of hydrogen-bond acceptors (Lipinski definition) is 7. The Kier molecular flexibility index (Phi) is 9.75. The van der Waals surface area contributed by atoms with Gasteiger partial charge in [0.2, 0.25) is 0 Å². The van der Waals surface area contributed by atoms with Gasteiger partial charge >= 0.3 is 6.36 Å². The minimum Gasteiger partial charge on any atom is -0.497 e. The third kappa shape index (κ3) is 7.75. The summed E-state index contributed by atoms with van der Waals surface area (Å²) in [6, 6.07) is 13.5. The van der Waals surface area contributed by atoms with Crippen LogP contribution in [0.25, 0.3) is 10.9 Å². The molecule has 3 aromatic rings. The lowest BCUT2D eigenvalue weighted by molar-refractivity contribution is -0.274. The molecule has 206 valence electrons. The summed E-state index contributed by atoms with van der Waals surface area (Å²) in [4.78, 5) is 7.40. The highest BCUT2D eigenvalue weighted by molar-refractivity contribution is 7.99. The number of aliphatic hydroxyl groups excluding tert-OH is 2. The molecule has 6 nitrogen and oxygen atoms in total. The maximum atomic E-state index is 12.5. The number of aliphatic hydroxyl groups is 2. The van der Waals surface area contributed by atoms with Crippen LogP contribution in [-0.4, -0.2) is 65.6 Å². The van der Waals surface area contributed by atoms with E-state index in [0.717, 1.165) is 59.6 Å². The SMILES string of the molecule is COc1ccc2nccc([C@H](O)CC[C@@H]3CCN(CCSc4cccc(OC(F)(F)F)c4)C[C@@H]3CO)c2c1. The number of nitrogens with zero attached hydrogens (tertiary/aromatic N) is 2. The standard InChI is InChI=1S/C28H33F3N2O4S/c1-36-21-6-7-26-25(16-21)24(9-11-32-26)27(35)8-5-19-10-12-33(17-20(19)18-34)13-14-38-23-4-2-3-22(15-23)37-28(29,30)31/h2-4,6-7,9,11,15-16,19-20,27,34-35H,5,8,10,12-14,17-18H2,1H3/t19-,20-,27-/m1/s1. The van der Waals surface area contributed by atoms with E-state index in [1.807, 2.05) is 24.3 Å². The van der Waals surface area contributed by atoms with E-state index in [4.69, 9.17) is 4.74 Å². The lowest BCUT2D eigenvalue weighted by Gasteiger charge is -2.38. The number of rotatable bonds is 11. The zero-order chi connectivity index (χ0) is 27.1. The molecule has 0 saturated carbocycles. The summed E-state index contributed by atoms with van der Waals surface area (Å²) in [5.41, 5.74) is 1.63. The van der Waals surface area contributed by atoms with Gasteiger partial charge in [-0.25, -0.2) is 0 Å². The van der Waals surface area contributed by atoms with Gasteiger partial charge in [-0.2, -0.15) is 0 Å². The van der Waals surface area contributed by atoms with Crippen LogP contribution < -0.4 is 9.47 Å². The number of pyridine rings is 1. The quantitative estimate of drug-likeness (QED) is 0.298. The molecule has 1 aromatic heterocycles. The van der Waals surface area contributed by atoms with Crippen LogP contribution in [0.4, 0.5) is 13.2 Å². The number of likely N-dealkylation sites (tertiary alicyclic amines) is 1. The lowest BCUT2D eigenvalue weighted by Crippen LogP contribution is -2.43. The highest BCUT2D eigenvalue weighted by Crippen LogP contribution is 2.34. The zero-order valence-corrected chi connectivity index (χ0v) is 22.0. The van der Waals surface area contributed by atoms with Crippen molar-refractivity contribution in [2.75, 3.05) is 39.1 Å². The van der Waals surface area contributed by atoms with Crippen LogP contribution in [-0.2, 0) is 0 Å². The fourth-order valence-corrected chi connectivity index (χ4v) is 6.05. The third-order valence-electron chi connectivity index (χ3n) is 7.08. The van der Waals surface area contributed by atoms with Gasteiger partial charge in [-0.1, -0.05) is 6.07 Å². The Labute approximate surface area is 224 Å². The summed E-state index contributed by atoms with van der Waals surface area (Å²) in [5, 5.41) is 22.0. The molecule has 3 atom stereocenters. The Morgan fingerprint density at radius 1 is 1.13 bits per heavy atom. The molecule has 1 fully saturated rings. The van der Waals surface area contributed by atoms with Crippen LogP contribution in [0.15, 0.2) is 59.6 Å². The average molecular weight is 551 g/mol. The molecule has 4 rings (SSSR count). The second-order valence-corrected chi connectivity index (χ2v) is 10.7. The summed E-state index contributed by atoms with van der Waals surface area (Å²) < 4.78 is 46.7. The summed E-state index contributed by atoms with van der Waals surface area (Å²) in [6.45, 7) is 2.48. The van der Waals surface area contributed by atoms with Crippen LogP contribution in [0.2, 0.25) is 0 Å². The van der Waals surface area contributed by atoms with Gasteiger partial charge in [0.15, 0.2) is 0 Å². The lowest BCUT2D eigenvalue weighted by atomic mass is 9.81. The van der Waals surface area contributed by atoms with Crippen molar-refractivity contribution in [2.45, 2.75) is 36.6 Å². The molecule has 0 radical (unpaired) electrons. The molecule has 38 heavy (non-hydrogen) atoms. The first-order valence-electron chi connectivity index (χ1n) is 12.7. The van der Waals surface area contributed by atoms with Crippen molar-refractivity contribution < 1.29 is 32.9 Å². The number of piperidine rings is 1. The second kappa shape index (κ2) is 13.0. The van der Waals surface area contributed by atoms with Gasteiger partial charge in [-0.15, -0.1) is 24.9 Å². The van der Waals surface area contributed by atoms with Gasteiger partial charge in [-0.3, -0.25) is 4.98 Å². The van der Waals surface area contributed by atoms with E-state index in [9.17, 15) is 23.4 Å². The van der Waals surface area contributed by atoms with E-state index in [1.54, 1.807) is 25.4 Å². The van der Waals surface area contributed by atoms with Gasteiger partial charge in [0, 0.05) is 41.9 Å². The van der Waals surface area contributed by atoms with Crippen LogP contribution in [0.3, 0.4) is 0 Å². The molecule has 10 heteroatoms. The Bertz CT molecular complexity index is 1200. The van der Waals surface area contributed by atoms with Crippen LogP contribution in [0.5, 0.6) is 11.5 Å². The average Bonchev–Trinajstić information content (AvgIpc) is 2.90. The first-order valence-corrected chi connectivity index (χ1v) is 13.7. The number of alkyl halides is 3. The largest absolute Gasteiger partial charge is 0.573 e. The van der Waals surface area contributed by atoms with E-state index in [2.05, 4.69) is 14.6 Å². The first-order chi connectivity index (χ1) is 18.3. The molecule has 0 aliphatic carbocycles. The molecule has 2 N–H and O–H groups in total. The summed E-state index contributed by atoms with van der Waals surface area (Å²) in [5.74, 6) is 1.63. The predicted octanol–water partition coefficient (Wildman–Crippen LogP) is 5.68. The van der Waals surface area contributed by atoms with Crippen LogP contribution in [0.1, 0.15) is 30.9 Å². The number of aromatic nitrogens is 1. The van der Waals surface area contributed by atoms with Gasteiger partial charge < -0.3 is 24.6 Å². The van der Waals surface area contributed by atoms with Gasteiger partial charge in [0.25, 0.3) is 0 Å². The smallest absolute Gasteiger partial charge is 0.497 e. The van der Waals surface area contributed by atoms with Crippen molar-refractivity contribution in [3.05, 3.63) is 60.3 Å². The molecular weight excluding hydrogens is 517 g/mol. The minimum atomic E-state index is -4.71. The summed E-state index contributed by atoms with van der Waals surface area (Å²) >= 11 is 1.48. The topological polar surface area (TPSA) is 75.1 Å². The molecule has 1 aliphatic heterocycles. The third-order valence-corrected chi connectivity index (χ3v) is 8.05. The maximum absolute atomic E-state index is 12.5. The summed E-state index contributed by atoms with van der Waals surface area (Å²) in [6.07, 6.45) is -1.33. The number of thioether (sulfide) groups is 1. The Morgan fingerprint density at radius 2 is 1.97 bits per heavy atom. The molecular formula is C28H33F3N2O4S. The van der Waals surface area contributed by atoms with Gasteiger partial charge in [-0.05, 0) is 85.7 Å². The van der Waals surface area contributed by atoms with E-state index in [1.165, 1.54) is 23.9 Å². The number of fused-ring (bicyclic) bond motifs is 1. The van der Waals surface area contributed by atoms with E-state index >= 15 is 0 Å². The number of methoxy groups -OCH3 is 1.